The first-order valence-corrected chi connectivity index (χ1v) is 6.22. The van der Waals surface area contributed by atoms with Crippen LogP contribution in [0.15, 0.2) is 24.3 Å². The number of carboxylic acids is 1. The lowest BCUT2D eigenvalue weighted by molar-refractivity contribution is -0.138. The quantitative estimate of drug-likeness (QED) is 0.638. The molecule has 1 aromatic carbocycles. The van der Waals surface area contributed by atoms with Gasteiger partial charge in [0.2, 0.25) is 0 Å². The van der Waals surface area contributed by atoms with Crippen LogP contribution in [0.3, 0.4) is 0 Å². The van der Waals surface area contributed by atoms with Gasteiger partial charge in [-0.2, -0.15) is 0 Å². The zero-order chi connectivity index (χ0) is 14.4. The summed E-state index contributed by atoms with van der Waals surface area (Å²) < 4.78 is 0. The molecule has 1 rings (SSSR count). The summed E-state index contributed by atoms with van der Waals surface area (Å²) in [4.78, 5) is 22.4. The van der Waals surface area contributed by atoms with Crippen LogP contribution in [0.5, 0.6) is 0 Å². The molecule has 0 aromatic heterocycles. The highest BCUT2D eigenvalue weighted by Crippen LogP contribution is 2.11. The van der Waals surface area contributed by atoms with Gasteiger partial charge >= 0.3 is 5.97 Å². The Balaban J connectivity index is 2.66. The van der Waals surface area contributed by atoms with E-state index in [1.807, 2.05) is 6.92 Å². The van der Waals surface area contributed by atoms with E-state index in [-0.39, 0.29) is 18.6 Å². The van der Waals surface area contributed by atoms with Crippen LogP contribution in [-0.2, 0) is 11.2 Å². The minimum absolute atomic E-state index is 0.102. The maximum Gasteiger partial charge on any atom is 0.320 e. The van der Waals surface area contributed by atoms with Gasteiger partial charge in [0.1, 0.15) is 6.04 Å². The first-order valence-electron chi connectivity index (χ1n) is 6.22. The van der Waals surface area contributed by atoms with Crippen LogP contribution < -0.4 is 5.73 Å². The van der Waals surface area contributed by atoms with Gasteiger partial charge in [0, 0.05) is 12.0 Å². The molecular weight excluding hydrogens is 246 g/mol. The molecule has 19 heavy (non-hydrogen) atoms. The molecule has 104 valence electrons. The topological polar surface area (TPSA) is 101 Å². The van der Waals surface area contributed by atoms with E-state index in [2.05, 4.69) is 0 Å². The maximum absolute atomic E-state index is 11.8. The molecule has 0 amide bonds. The fraction of sp³-hybridized carbons (Fsp3) is 0.429. The first-order chi connectivity index (χ1) is 8.93. The molecular formula is C14H19NO4. The number of carbonyl (C=O) groups is 2. The van der Waals surface area contributed by atoms with Gasteiger partial charge in [-0.15, -0.1) is 0 Å². The molecule has 1 aromatic rings. The van der Waals surface area contributed by atoms with Crippen LogP contribution >= 0.6 is 0 Å². The van der Waals surface area contributed by atoms with E-state index >= 15 is 0 Å². The van der Waals surface area contributed by atoms with Crippen LogP contribution in [0.1, 0.15) is 35.7 Å². The van der Waals surface area contributed by atoms with E-state index in [1.165, 1.54) is 0 Å². The highest BCUT2D eigenvalue weighted by atomic mass is 16.4. The van der Waals surface area contributed by atoms with Crippen LogP contribution in [-0.4, -0.2) is 34.1 Å². The van der Waals surface area contributed by atoms with Crippen molar-refractivity contribution in [3.8, 4) is 0 Å². The number of aliphatic hydroxyl groups excluding tert-OH is 1. The first kappa shape index (κ1) is 15.3. The second-order valence-corrected chi connectivity index (χ2v) is 4.54. The number of rotatable bonds is 7. The SMILES string of the molecule is CCC(O)CC(=O)c1ccc(CC(N)C(=O)O)cc1. The molecule has 0 fully saturated rings. The van der Waals surface area contributed by atoms with Crippen molar-refractivity contribution in [3.05, 3.63) is 35.4 Å². The Hall–Kier alpha value is -1.72. The van der Waals surface area contributed by atoms with Crippen molar-refractivity contribution in [3.63, 3.8) is 0 Å². The van der Waals surface area contributed by atoms with E-state index in [4.69, 9.17) is 10.8 Å². The van der Waals surface area contributed by atoms with Gasteiger partial charge < -0.3 is 15.9 Å². The largest absolute Gasteiger partial charge is 0.480 e. The smallest absolute Gasteiger partial charge is 0.320 e. The minimum Gasteiger partial charge on any atom is -0.480 e. The Labute approximate surface area is 112 Å². The van der Waals surface area contributed by atoms with Crippen LogP contribution in [0.4, 0.5) is 0 Å². The molecule has 0 saturated carbocycles. The molecule has 4 N–H and O–H groups in total. The molecule has 2 atom stereocenters. The molecule has 0 aliphatic carbocycles. The summed E-state index contributed by atoms with van der Waals surface area (Å²) in [6, 6.07) is 5.70. The molecule has 0 bridgehead atoms. The number of hydrogen-bond donors (Lipinski definition) is 3. The lowest BCUT2D eigenvalue weighted by atomic mass is 10.0. The third-order valence-corrected chi connectivity index (χ3v) is 2.94. The molecule has 0 aliphatic rings. The Morgan fingerprint density at radius 3 is 2.32 bits per heavy atom. The second kappa shape index (κ2) is 7.01. The second-order valence-electron chi connectivity index (χ2n) is 4.54. The zero-order valence-corrected chi connectivity index (χ0v) is 10.9. The summed E-state index contributed by atoms with van der Waals surface area (Å²) in [5.74, 6) is -1.17. The fourth-order valence-corrected chi connectivity index (χ4v) is 1.64. The number of carboxylic acid groups (broad SMARTS) is 1. The van der Waals surface area contributed by atoms with E-state index in [0.717, 1.165) is 5.56 Å². The highest BCUT2D eigenvalue weighted by Gasteiger charge is 2.14. The standard InChI is InChI=1S/C14H19NO4/c1-2-11(16)8-13(17)10-5-3-9(4-6-10)7-12(15)14(18)19/h3-6,11-12,16H,2,7-8,15H2,1H3,(H,18,19). The van der Waals surface area contributed by atoms with Crippen molar-refractivity contribution in [1.29, 1.82) is 0 Å². The molecule has 0 spiro atoms. The average Bonchev–Trinajstić information content (AvgIpc) is 2.39. The predicted molar refractivity (Wildman–Crippen MR) is 71.0 cm³/mol. The average molecular weight is 265 g/mol. The summed E-state index contributed by atoms with van der Waals surface area (Å²) in [5, 5.41) is 18.1. The Morgan fingerprint density at radius 1 is 1.26 bits per heavy atom. The Kier molecular flexibility index (Phi) is 5.66. The van der Waals surface area contributed by atoms with Crippen molar-refractivity contribution < 1.29 is 19.8 Å². The van der Waals surface area contributed by atoms with Gasteiger partial charge in [-0.25, -0.2) is 0 Å². The van der Waals surface area contributed by atoms with Crippen LogP contribution in [0, 0.1) is 0 Å². The summed E-state index contributed by atoms with van der Waals surface area (Å²) >= 11 is 0. The molecule has 0 radical (unpaired) electrons. The Bertz CT molecular complexity index is 441. The van der Waals surface area contributed by atoms with Crippen molar-refractivity contribution in [2.24, 2.45) is 5.73 Å². The molecule has 5 nitrogen and oxygen atoms in total. The van der Waals surface area contributed by atoms with Gasteiger partial charge in [0.25, 0.3) is 0 Å². The van der Waals surface area contributed by atoms with Crippen LogP contribution in [0.2, 0.25) is 0 Å². The number of benzene rings is 1. The van der Waals surface area contributed by atoms with Crippen molar-refractivity contribution in [2.45, 2.75) is 38.3 Å². The van der Waals surface area contributed by atoms with Gasteiger partial charge in [-0.3, -0.25) is 9.59 Å². The zero-order valence-electron chi connectivity index (χ0n) is 10.9. The molecule has 0 aliphatic heterocycles. The number of aliphatic hydroxyl groups is 1. The van der Waals surface area contributed by atoms with Crippen LogP contribution in [0.25, 0.3) is 0 Å². The van der Waals surface area contributed by atoms with E-state index in [9.17, 15) is 14.7 Å². The minimum atomic E-state index is -1.05. The lowest BCUT2D eigenvalue weighted by Crippen LogP contribution is -2.32. The normalized spacial score (nSPS) is 13.8. The van der Waals surface area contributed by atoms with E-state index < -0.39 is 18.1 Å². The van der Waals surface area contributed by atoms with E-state index in [1.54, 1.807) is 24.3 Å². The van der Waals surface area contributed by atoms with Crippen molar-refractivity contribution in [2.75, 3.05) is 0 Å². The molecule has 5 heteroatoms. The summed E-state index contributed by atoms with van der Waals surface area (Å²) in [7, 11) is 0. The van der Waals surface area contributed by atoms with Crippen molar-refractivity contribution in [1.82, 2.24) is 0 Å². The Morgan fingerprint density at radius 2 is 1.84 bits per heavy atom. The number of hydrogen-bond acceptors (Lipinski definition) is 4. The van der Waals surface area contributed by atoms with Gasteiger partial charge in [-0.1, -0.05) is 31.2 Å². The molecule has 2 unspecified atom stereocenters. The number of carbonyl (C=O) groups excluding carboxylic acids is 1. The predicted octanol–water partition coefficient (Wildman–Crippen LogP) is 0.985. The molecule has 0 heterocycles. The fourth-order valence-electron chi connectivity index (χ4n) is 1.64. The number of ketones is 1. The lowest BCUT2D eigenvalue weighted by Gasteiger charge is -2.08. The number of nitrogens with two attached hydrogens (primary N) is 1. The summed E-state index contributed by atoms with van der Waals surface area (Å²) in [5.41, 5.74) is 6.71. The van der Waals surface area contributed by atoms with Gasteiger partial charge in [-0.05, 0) is 18.4 Å². The number of Topliss-reactive ketones (excluding diaryl/α,β-unsaturated/α-hetero) is 1. The summed E-state index contributed by atoms with van der Waals surface area (Å²) in [6.07, 6.45) is 0.246. The highest BCUT2D eigenvalue weighted by molar-refractivity contribution is 5.96. The van der Waals surface area contributed by atoms with Gasteiger partial charge in [0.15, 0.2) is 5.78 Å². The van der Waals surface area contributed by atoms with Gasteiger partial charge in [0.05, 0.1) is 6.10 Å². The monoisotopic (exact) mass is 265 g/mol. The van der Waals surface area contributed by atoms with Crippen molar-refractivity contribution >= 4 is 11.8 Å². The van der Waals surface area contributed by atoms with E-state index in [0.29, 0.717) is 12.0 Å². The summed E-state index contributed by atoms with van der Waals surface area (Å²) in [6.45, 7) is 1.81. The third kappa shape index (κ3) is 4.81. The third-order valence-electron chi connectivity index (χ3n) is 2.94. The maximum atomic E-state index is 11.8. The number of aliphatic carboxylic acids is 1. The molecule has 0 saturated heterocycles.